The van der Waals surface area contributed by atoms with Crippen LogP contribution in [0.5, 0.6) is 0 Å². The lowest BCUT2D eigenvalue weighted by molar-refractivity contribution is 0.0680. The molecule has 1 amide bonds. The number of hydrogen-bond acceptors (Lipinski definition) is 6. The number of rotatable bonds is 4. The molecule has 5 rings (SSSR count). The van der Waals surface area contributed by atoms with Gasteiger partial charge in [-0.3, -0.25) is 9.69 Å². The number of nitrogens with zero attached hydrogens (tertiary/aromatic N) is 6. The van der Waals surface area contributed by atoms with Crippen LogP contribution in [0.15, 0.2) is 30.6 Å². The van der Waals surface area contributed by atoms with Gasteiger partial charge < -0.3 is 14.4 Å². The van der Waals surface area contributed by atoms with Crippen molar-refractivity contribution in [1.82, 2.24) is 23.7 Å². The first-order chi connectivity index (χ1) is 13.7. The standard InChI is InChI=1S/C20H24N6OS/c1-15-18-20(27)25(12-13-26(18)14-21-15)11-8-23-6-9-24(10-7-23)19-16-4-2-3-5-17(16)28-22-19/h2-5,14H,6-13H2,1H3. The molecular weight excluding hydrogens is 372 g/mol. The molecule has 0 spiro atoms. The van der Waals surface area contributed by atoms with Gasteiger partial charge in [0.15, 0.2) is 0 Å². The molecule has 0 saturated carbocycles. The molecule has 1 aromatic carbocycles. The fourth-order valence-electron chi connectivity index (χ4n) is 4.17. The van der Waals surface area contributed by atoms with Crippen molar-refractivity contribution < 1.29 is 4.79 Å². The number of imidazole rings is 1. The molecule has 0 radical (unpaired) electrons. The Morgan fingerprint density at radius 2 is 1.86 bits per heavy atom. The van der Waals surface area contributed by atoms with Gasteiger partial charge >= 0.3 is 0 Å². The lowest BCUT2D eigenvalue weighted by Crippen LogP contribution is -2.50. The largest absolute Gasteiger partial charge is 0.353 e. The normalized spacial score (nSPS) is 18.1. The van der Waals surface area contributed by atoms with Gasteiger partial charge in [0.2, 0.25) is 0 Å². The number of aromatic nitrogens is 3. The molecule has 28 heavy (non-hydrogen) atoms. The van der Waals surface area contributed by atoms with Gasteiger partial charge in [0, 0.05) is 57.7 Å². The maximum Gasteiger partial charge on any atom is 0.272 e. The van der Waals surface area contributed by atoms with E-state index in [2.05, 4.69) is 43.4 Å². The number of hydrogen-bond donors (Lipinski definition) is 0. The minimum atomic E-state index is 0.119. The zero-order chi connectivity index (χ0) is 19.1. The van der Waals surface area contributed by atoms with Crippen molar-refractivity contribution >= 4 is 33.3 Å². The van der Waals surface area contributed by atoms with Crippen LogP contribution in [0.3, 0.4) is 0 Å². The predicted octanol–water partition coefficient (Wildman–Crippen LogP) is 2.08. The maximum absolute atomic E-state index is 12.7. The predicted molar refractivity (Wildman–Crippen MR) is 111 cm³/mol. The summed E-state index contributed by atoms with van der Waals surface area (Å²) < 4.78 is 7.91. The molecule has 4 heterocycles. The van der Waals surface area contributed by atoms with E-state index in [9.17, 15) is 4.79 Å². The number of anilines is 1. The number of carbonyl (C=O) groups is 1. The first-order valence-electron chi connectivity index (χ1n) is 9.83. The monoisotopic (exact) mass is 396 g/mol. The molecule has 1 fully saturated rings. The molecule has 0 N–H and O–H groups in total. The molecule has 2 aliphatic rings. The van der Waals surface area contributed by atoms with Crippen LogP contribution in [0.2, 0.25) is 0 Å². The number of carbonyl (C=O) groups excluding carboxylic acids is 1. The summed E-state index contributed by atoms with van der Waals surface area (Å²) in [5, 5.41) is 1.26. The Morgan fingerprint density at radius 1 is 1.04 bits per heavy atom. The van der Waals surface area contributed by atoms with Crippen LogP contribution >= 0.6 is 11.5 Å². The second-order valence-corrected chi connectivity index (χ2v) is 8.30. The van der Waals surface area contributed by atoms with Crippen LogP contribution in [0.25, 0.3) is 10.1 Å². The van der Waals surface area contributed by atoms with Gasteiger partial charge in [-0.1, -0.05) is 12.1 Å². The summed E-state index contributed by atoms with van der Waals surface area (Å²) in [5.74, 6) is 1.24. The Hall–Kier alpha value is -2.45. The van der Waals surface area contributed by atoms with E-state index >= 15 is 0 Å². The van der Waals surface area contributed by atoms with Gasteiger partial charge in [-0.2, -0.15) is 4.37 Å². The van der Waals surface area contributed by atoms with E-state index in [1.807, 2.05) is 16.4 Å². The van der Waals surface area contributed by atoms with Crippen molar-refractivity contribution in [3.63, 3.8) is 0 Å². The average molecular weight is 397 g/mol. The molecular formula is C20H24N6OS. The quantitative estimate of drug-likeness (QED) is 0.676. The maximum atomic E-state index is 12.7. The van der Waals surface area contributed by atoms with E-state index in [-0.39, 0.29) is 5.91 Å². The third-order valence-corrected chi connectivity index (χ3v) is 6.65. The van der Waals surface area contributed by atoms with Gasteiger partial charge in [0.1, 0.15) is 11.5 Å². The number of aryl methyl sites for hydroxylation is 1. The average Bonchev–Trinajstić information content (AvgIpc) is 3.32. The summed E-state index contributed by atoms with van der Waals surface area (Å²) in [5.41, 5.74) is 1.59. The summed E-state index contributed by atoms with van der Waals surface area (Å²) in [6, 6.07) is 8.45. The first kappa shape index (κ1) is 17.6. The van der Waals surface area contributed by atoms with E-state index in [0.29, 0.717) is 0 Å². The minimum Gasteiger partial charge on any atom is -0.353 e. The van der Waals surface area contributed by atoms with Crippen molar-refractivity contribution in [2.45, 2.75) is 13.5 Å². The van der Waals surface area contributed by atoms with E-state index in [1.54, 1.807) is 17.9 Å². The lowest BCUT2D eigenvalue weighted by Gasteiger charge is -2.36. The highest BCUT2D eigenvalue weighted by Gasteiger charge is 2.28. The topological polar surface area (TPSA) is 57.5 Å². The number of benzene rings is 1. The van der Waals surface area contributed by atoms with Gasteiger partial charge in [-0.05, 0) is 30.6 Å². The Kier molecular flexibility index (Phi) is 4.52. The molecule has 146 valence electrons. The number of amides is 1. The second kappa shape index (κ2) is 7.18. The Balaban J connectivity index is 1.17. The van der Waals surface area contributed by atoms with E-state index in [4.69, 9.17) is 0 Å². The fraction of sp³-hybridized carbons (Fsp3) is 0.450. The third-order valence-electron chi connectivity index (χ3n) is 5.84. The van der Waals surface area contributed by atoms with E-state index in [1.165, 1.54) is 10.1 Å². The highest BCUT2D eigenvalue weighted by Crippen LogP contribution is 2.29. The molecule has 3 aromatic rings. The zero-order valence-corrected chi connectivity index (χ0v) is 16.9. The Bertz CT molecular complexity index is 1000. The van der Waals surface area contributed by atoms with Crippen LogP contribution in [0, 0.1) is 6.92 Å². The summed E-state index contributed by atoms with van der Waals surface area (Å²) in [4.78, 5) is 23.8. The molecule has 0 unspecified atom stereocenters. The van der Waals surface area contributed by atoms with Gasteiger partial charge in [0.25, 0.3) is 5.91 Å². The first-order valence-corrected chi connectivity index (χ1v) is 10.6. The van der Waals surface area contributed by atoms with Crippen molar-refractivity contribution in [1.29, 1.82) is 0 Å². The number of fused-ring (bicyclic) bond motifs is 2. The summed E-state index contributed by atoms with van der Waals surface area (Å²) in [6.07, 6.45) is 1.78. The van der Waals surface area contributed by atoms with Crippen LogP contribution in [-0.4, -0.2) is 75.4 Å². The highest BCUT2D eigenvalue weighted by molar-refractivity contribution is 7.13. The minimum absolute atomic E-state index is 0.119. The highest BCUT2D eigenvalue weighted by atomic mass is 32.1. The van der Waals surface area contributed by atoms with E-state index in [0.717, 1.165) is 69.6 Å². The van der Waals surface area contributed by atoms with Crippen LogP contribution in [0.4, 0.5) is 5.82 Å². The fourth-order valence-corrected chi connectivity index (χ4v) is 4.97. The van der Waals surface area contributed by atoms with Crippen LogP contribution in [0.1, 0.15) is 16.2 Å². The second-order valence-electron chi connectivity index (χ2n) is 7.50. The molecule has 0 bridgehead atoms. The summed E-state index contributed by atoms with van der Waals surface area (Å²) in [6.45, 7) is 9.19. The van der Waals surface area contributed by atoms with Crippen LogP contribution < -0.4 is 4.90 Å². The molecule has 2 aromatic heterocycles. The number of piperazine rings is 1. The zero-order valence-electron chi connectivity index (χ0n) is 16.0. The smallest absolute Gasteiger partial charge is 0.272 e. The molecule has 0 atom stereocenters. The third kappa shape index (κ3) is 3.06. The van der Waals surface area contributed by atoms with Gasteiger partial charge in [-0.15, -0.1) is 0 Å². The molecule has 8 heteroatoms. The van der Waals surface area contributed by atoms with E-state index < -0.39 is 0 Å². The van der Waals surface area contributed by atoms with Gasteiger partial charge in [0.05, 0.1) is 16.7 Å². The van der Waals surface area contributed by atoms with Crippen LogP contribution in [-0.2, 0) is 6.54 Å². The summed E-state index contributed by atoms with van der Waals surface area (Å²) in [7, 11) is 0. The van der Waals surface area contributed by atoms with Gasteiger partial charge in [-0.25, -0.2) is 4.98 Å². The van der Waals surface area contributed by atoms with Crippen molar-refractivity contribution in [3.8, 4) is 0 Å². The Morgan fingerprint density at radius 3 is 2.71 bits per heavy atom. The molecule has 2 aliphatic heterocycles. The molecule has 1 saturated heterocycles. The molecule has 7 nitrogen and oxygen atoms in total. The van der Waals surface area contributed by atoms with Crippen molar-refractivity contribution in [3.05, 3.63) is 42.0 Å². The SMILES string of the molecule is Cc1ncn2c1C(=O)N(CCN1CCN(c3nsc4ccccc34)CC1)CC2. The van der Waals surface area contributed by atoms with Crippen molar-refractivity contribution in [2.24, 2.45) is 0 Å². The summed E-state index contributed by atoms with van der Waals surface area (Å²) >= 11 is 1.58. The Labute approximate surface area is 168 Å². The molecule has 0 aliphatic carbocycles. The van der Waals surface area contributed by atoms with Crippen molar-refractivity contribution in [2.75, 3.05) is 50.7 Å². The lowest BCUT2D eigenvalue weighted by atomic mass is 10.2.